The lowest BCUT2D eigenvalue weighted by Crippen LogP contribution is -2.42. The number of ketones is 1. The highest BCUT2D eigenvalue weighted by molar-refractivity contribution is 6.46. The smallest absolute Gasteiger partial charge is 0.295 e. The molecule has 1 aromatic carbocycles. The number of likely N-dealkylation sites (tertiary alicyclic amines) is 1. The Kier molecular flexibility index (Phi) is 7.92. The molecule has 2 aliphatic heterocycles. The number of nitrogens with zero attached hydrogens (tertiary/aromatic N) is 3. The van der Waals surface area contributed by atoms with Gasteiger partial charge in [-0.2, -0.15) is 0 Å². The molecule has 2 fully saturated rings. The van der Waals surface area contributed by atoms with Crippen LogP contribution in [0.15, 0.2) is 54.4 Å². The molecule has 1 atom stereocenters. The summed E-state index contributed by atoms with van der Waals surface area (Å²) in [5, 5.41) is 11.3. The summed E-state index contributed by atoms with van der Waals surface area (Å²) in [5.74, 6) is -0.875. The summed E-state index contributed by atoms with van der Waals surface area (Å²) >= 11 is 0. The van der Waals surface area contributed by atoms with Gasteiger partial charge < -0.3 is 19.5 Å². The van der Waals surface area contributed by atoms with Gasteiger partial charge in [0, 0.05) is 44.1 Å². The highest BCUT2D eigenvalue weighted by Crippen LogP contribution is 2.39. The van der Waals surface area contributed by atoms with Crippen molar-refractivity contribution >= 4 is 17.4 Å². The van der Waals surface area contributed by atoms with Gasteiger partial charge in [-0.1, -0.05) is 25.5 Å². The zero-order valence-electron chi connectivity index (χ0n) is 19.5. The fraction of sp³-hybridized carbons (Fsp3) is 0.423. The Morgan fingerprint density at radius 3 is 2.65 bits per heavy atom. The largest absolute Gasteiger partial charge is 0.507 e. The van der Waals surface area contributed by atoms with Gasteiger partial charge in [0.05, 0.1) is 31.4 Å². The Hall–Kier alpha value is -3.23. The monoisotopic (exact) mass is 465 g/mol. The van der Waals surface area contributed by atoms with Crippen LogP contribution in [-0.2, 0) is 14.3 Å². The predicted octanol–water partition coefficient (Wildman–Crippen LogP) is 3.01. The Balaban J connectivity index is 1.66. The van der Waals surface area contributed by atoms with E-state index in [0.29, 0.717) is 44.2 Å². The summed E-state index contributed by atoms with van der Waals surface area (Å²) in [5.41, 5.74) is 1.26. The minimum Gasteiger partial charge on any atom is -0.507 e. The number of aromatic nitrogens is 1. The molecule has 2 saturated heterocycles. The molecule has 8 nitrogen and oxygen atoms in total. The quantitative estimate of drug-likeness (QED) is 0.263. The molecule has 1 unspecified atom stereocenters. The van der Waals surface area contributed by atoms with E-state index in [-0.39, 0.29) is 11.3 Å². The minimum atomic E-state index is -0.686. The minimum absolute atomic E-state index is 0.0869. The second kappa shape index (κ2) is 11.3. The van der Waals surface area contributed by atoms with Crippen LogP contribution >= 0.6 is 0 Å². The molecule has 0 spiro atoms. The first kappa shape index (κ1) is 23.9. The van der Waals surface area contributed by atoms with E-state index in [0.717, 1.165) is 31.5 Å². The number of Topliss-reactive ketones (excluding diaryl/α,β-unsaturated/α-hetero) is 1. The Morgan fingerprint density at radius 1 is 1.15 bits per heavy atom. The molecule has 3 heterocycles. The third-order valence-corrected chi connectivity index (χ3v) is 6.20. The van der Waals surface area contributed by atoms with Gasteiger partial charge in [0.2, 0.25) is 0 Å². The number of aliphatic hydroxyl groups excluding tert-OH is 1. The van der Waals surface area contributed by atoms with Crippen molar-refractivity contribution in [2.75, 3.05) is 46.0 Å². The fourth-order valence-electron chi connectivity index (χ4n) is 4.30. The number of aliphatic hydroxyl groups is 1. The Morgan fingerprint density at radius 2 is 1.91 bits per heavy atom. The van der Waals surface area contributed by atoms with Crippen LogP contribution in [-0.4, -0.2) is 77.6 Å². The summed E-state index contributed by atoms with van der Waals surface area (Å²) in [6.07, 6.45) is 5.19. The van der Waals surface area contributed by atoms with Gasteiger partial charge in [-0.15, -0.1) is 0 Å². The number of carbonyl (C=O) groups is 2. The number of hydrogen-bond acceptors (Lipinski definition) is 7. The number of pyridine rings is 1. The molecule has 2 aliphatic rings. The molecule has 8 heteroatoms. The van der Waals surface area contributed by atoms with Crippen molar-refractivity contribution in [1.82, 2.24) is 14.8 Å². The SMILES string of the molecule is CCCCOc1cccc(C(O)=C2C(=O)C(=O)N(CCN3CCOCC3)C2c2ccncc2)c1. The normalized spacial score (nSPS) is 20.6. The van der Waals surface area contributed by atoms with Crippen LogP contribution in [0.1, 0.15) is 36.9 Å². The summed E-state index contributed by atoms with van der Waals surface area (Å²) in [4.78, 5) is 34.1. The molecule has 1 N–H and O–H groups in total. The van der Waals surface area contributed by atoms with Crippen molar-refractivity contribution < 1.29 is 24.2 Å². The van der Waals surface area contributed by atoms with Crippen LogP contribution in [0.3, 0.4) is 0 Å². The number of hydrogen-bond donors (Lipinski definition) is 1. The lowest BCUT2D eigenvalue weighted by Gasteiger charge is -2.31. The van der Waals surface area contributed by atoms with Crippen molar-refractivity contribution in [3.63, 3.8) is 0 Å². The molecule has 180 valence electrons. The molecule has 1 amide bonds. The maximum atomic E-state index is 13.2. The molecule has 2 aromatic rings. The van der Waals surface area contributed by atoms with E-state index in [1.54, 1.807) is 47.6 Å². The molecule has 34 heavy (non-hydrogen) atoms. The van der Waals surface area contributed by atoms with Crippen molar-refractivity contribution in [3.05, 3.63) is 65.5 Å². The average molecular weight is 466 g/mol. The van der Waals surface area contributed by atoms with E-state index < -0.39 is 17.7 Å². The number of rotatable bonds is 9. The van der Waals surface area contributed by atoms with Crippen LogP contribution in [0.25, 0.3) is 5.76 Å². The highest BCUT2D eigenvalue weighted by atomic mass is 16.5. The molecule has 1 aromatic heterocycles. The van der Waals surface area contributed by atoms with Crippen molar-refractivity contribution in [1.29, 1.82) is 0 Å². The molecular formula is C26H31N3O5. The Bertz CT molecular complexity index is 1030. The molecule has 0 aliphatic carbocycles. The number of amides is 1. The van der Waals surface area contributed by atoms with Crippen molar-refractivity contribution in [2.24, 2.45) is 0 Å². The number of benzene rings is 1. The number of unbranched alkanes of at least 4 members (excludes halogenated alkanes) is 1. The van der Waals surface area contributed by atoms with Gasteiger partial charge in [0.25, 0.3) is 11.7 Å². The second-order valence-corrected chi connectivity index (χ2v) is 8.46. The molecule has 0 radical (unpaired) electrons. The van der Waals surface area contributed by atoms with Gasteiger partial charge in [-0.25, -0.2) is 0 Å². The summed E-state index contributed by atoms with van der Waals surface area (Å²) < 4.78 is 11.2. The lowest BCUT2D eigenvalue weighted by molar-refractivity contribution is -0.140. The number of carbonyl (C=O) groups excluding carboxylic acids is 2. The van der Waals surface area contributed by atoms with Crippen LogP contribution in [0, 0.1) is 0 Å². The van der Waals surface area contributed by atoms with Gasteiger partial charge in [-0.3, -0.25) is 19.5 Å². The first-order chi connectivity index (χ1) is 16.6. The third kappa shape index (κ3) is 5.29. The van der Waals surface area contributed by atoms with Gasteiger partial charge in [0.15, 0.2) is 0 Å². The van der Waals surface area contributed by atoms with E-state index in [1.807, 2.05) is 6.07 Å². The molecular weight excluding hydrogens is 434 g/mol. The third-order valence-electron chi connectivity index (χ3n) is 6.20. The van der Waals surface area contributed by atoms with Gasteiger partial charge >= 0.3 is 0 Å². The van der Waals surface area contributed by atoms with Crippen LogP contribution < -0.4 is 4.74 Å². The molecule has 0 saturated carbocycles. The second-order valence-electron chi connectivity index (χ2n) is 8.46. The summed E-state index contributed by atoms with van der Waals surface area (Å²) in [6, 6.07) is 9.86. The maximum Gasteiger partial charge on any atom is 0.295 e. The van der Waals surface area contributed by atoms with Crippen LogP contribution in [0.2, 0.25) is 0 Å². The Labute approximate surface area is 199 Å². The first-order valence-electron chi connectivity index (χ1n) is 11.8. The van der Waals surface area contributed by atoms with E-state index in [4.69, 9.17) is 9.47 Å². The summed E-state index contributed by atoms with van der Waals surface area (Å²) in [7, 11) is 0. The molecule has 4 rings (SSSR count). The van der Waals surface area contributed by atoms with E-state index >= 15 is 0 Å². The van der Waals surface area contributed by atoms with Crippen molar-refractivity contribution in [2.45, 2.75) is 25.8 Å². The first-order valence-corrected chi connectivity index (χ1v) is 11.8. The predicted molar refractivity (Wildman–Crippen MR) is 127 cm³/mol. The van der Waals surface area contributed by atoms with Crippen LogP contribution in [0.5, 0.6) is 5.75 Å². The van der Waals surface area contributed by atoms with Crippen LogP contribution in [0.4, 0.5) is 0 Å². The van der Waals surface area contributed by atoms with Crippen molar-refractivity contribution in [3.8, 4) is 5.75 Å². The summed E-state index contributed by atoms with van der Waals surface area (Å²) in [6.45, 7) is 6.54. The zero-order chi connectivity index (χ0) is 23.9. The average Bonchev–Trinajstić information content (AvgIpc) is 3.13. The number of ether oxygens (including phenoxy) is 2. The fourth-order valence-corrected chi connectivity index (χ4v) is 4.30. The van der Waals surface area contributed by atoms with Gasteiger partial charge in [0.1, 0.15) is 11.5 Å². The van der Waals surface area contributed by atoms with E-state index in [2.05, 4.69) is 16.8 Å². The zero-order valence-corrected chi connectivity index (χ0v) is 19.5. The molecule has 0 bridgehead atoms. The maximum absolute atomic E-state index is 13.2. The van der Waals surface area contributed by atoms with E-state index in [1.165, 1.54) is 0 Å². The topological polar surface area (TPSA) is 92.2 Å². The lowest BCUT2D eigenvalue weighted by atomic mass is 9.96. The standard InChI is InChI=1S/C26H31N3O5/c1-2-3-15-34-21-6-4-5-20(18-21)24(30)22-23(19-7-9-27-10-8-19)29(26(32)25(22)31)12-11-28-13-16-33-17-14-28/h4-10,18,23,30H,2-3,11-17H2,1H3. The number of morpholine rings is 1. The van der Waals surface area contributed by atoms with Gasteiger partial charge in [-0.05, 0) is 36.2 Å². The van der Waals surface area contributed by atoms with E-state index in [9.17, 15) is 14.7 Å². The highest BCUT2D eigenvalue weighted by Gasteiger charge is 2.46.